The summed E-state index contributed by atoms with van der Waals surface area (Å²) in [6, 6.07) is 7.88. The van der Waals surface area contributed by atoms with Gasteiger partial charge in [0.25, 0.3) is 0 Å². The van der Waals surface area contributed by atoms with Gasteiger partial charge in [0.05, 0.1) is 12.1 Å². The molecule has 0 aliphatic carbocycles. The van der Waals surface area contributed by atoms with Crippen LogP contribution in [0.5, 0.6) is 5.88 Å². The lowest BCUT2D eigenvalue weighted by Crippen LogP contribution is -2.13. The van der Waals surface area contributed by atoms with Gasteiger partial charge in [-0.15, -0.1) is 0 Å². The lowest BCUT2D eigenvalue weighted by molar-refractivity contribution is 0.328. The van der Waals surface area contributed by atoms with Gasteiger partial charge in [-0.2, -0.15) is 0 Å². The third-order valence-electron chi connectivity index (χ3n) is 3.30. The Morgan fingerprint density at radius 2 is 1.90 bits per heavy atom. The summed E-state index contributed by atoms with van der Waals surface area (Å²) in [5, 5.41) is 1.94. The van der Waals surface area contributed by atoms with Gasteiger partial charge in [-0.25, -0.2) is 4.98 Å². The highest BCUT2D eigenvalue weighted by molar-refractivity contribution is 7.70. The fourth-order valence-electron chi connectivity index (χ4n) is 2.48. The van der Waals surface area contributed by atoms with Crippen LogP contribution in [-0.4, -0.2) is 24.9 Å². The molecule has 0 fully saturated rings. The van der Waals surface area contributed by atoms with Gasteiger partial charge < -0.3 is 9.30 Å². The van der Waals surface area contributed by atoms with Gasteiger partial charge >= 0.3 is 0 Å². The quantitative estimate of drug-likeness (QED) is 0.799. The molecular weight excluding hydrogens is 269 g/mol. The molecule has 1 heterocycles. The third-order valence-corrected chi connectivity index (χ3v) is 4.88. The molecule has 1 aromatic heterocycles. The first-order valence-electron chi connectivity index (χ1n) is 6.96. The van der Waals surface area contributed by atoms with Crippen molar-refractivity contribution in [1.29, 1.82) is 0 Å². The van der Waals surface area contributed by atoms with E-state index in [0.717, 1.165) is 21.8 Å². The third kappa shape index (κ3) is 2.88. The summed E-state index contributed by atoms with van der Waals surface area (Å²) in [7, 11) is -2.37. The van der Waals surface area contributed by atoms with Crippen molar-refractivity contribution >= 4 is 23.3 Å². The van der Waals surface area contributed by atoms with E-state index in [4.69, 9.17) is 4.74 Å². The van der Waals surface area contributed by atoms with Gasteiger partial charge in [-0.1, -0.05) is 19.9 Å². The number of fused-ring (bicyclic) bond motifs is 1. The summed E-state index contributed by atoms with van der Waals surface area (Å²) < 4.78 is 18.1. The van der Waals surface area contributed by atoms with E-state index in [2.05, 4.69) is 18.8 Å². The minimum Gasteiger partial charge on any atom is -0.478 e. The fraction of sp³-hybridized carbons (Fsp3) is 0.438. The van der Waals surface area contributed by atoms with E-state index in [1.54, 1.807) is 0 Å². The molecule has 1 aromatic carbocycles. The molecule has 0 N–H and O–H groups in total. The second-order valence-corrected chi connectivity index (χ2v) is 8.81. The first-order valence-corrected chi connectivity index (χ1v) is 9.56. The Bertz CT molecular complexity index is 673. The van der Waals surface area contributed by atoms with Crippen LogP contribution in [0.1, 0.15) is 32.3 Å². The normalized spacial score (nSPS) is 12.1. The van der Waals surface area contributed by atoms with Crippen molar-refractivity contribution < 1.29 is 9.30 Å². The molecule has 0 aliphatic rings. The number of hydrogen-bond donors (Lipinski definition) is 0. The summed E-state index contributed by atoms with van der Waals surface area (Å²) in [5.41, 5.74) is 2.00. The number of rotatable bonds is 4. The molecule has 0 unspecified atom stereocenters. The molecule has 3 nitrogen and oxygen atoms in total. The summed E-state index contributed by atoms with van der Waals surface area (Å²) in [6.45, 7) is 10.4. The highest BCUT2D eigenvalue weighted by Crippen LogP contribution is 2.40. The van der Waals surface area contributed by atoms with Gasteiger partial charge in [0.2, 0.25) is 5.88 Å². The van der Waals surface area contributed by atoms with E-state index in [1.807, 2.05) is 44.5 Å². The average Bonchev–Trinajstić information content (AvgIpc) is 2.36. The van der Waals surface area contributed by atoms with Crippen LogP contribution in [0.3, 0.4) is 0 Å². The van der Waals surface area contributed by atoms with Crippen LogP contribution in [0, 0.1) is 0 Å². The lowest BCUT2D eigenvalue weighted by Gasteiger charge is -2.19. The molecule has 0 atom stereocenters. The minimum absolute atomic E-state index is 0.342. The first-order chi connectivity index (χ1) is 9.34. The molecule has 0 spiro atoms. The monoisotopic (exact) mass is 291 g/mol. The van der Waals surface area contributed by atoms with Gasteiger partial charge in [0, 0.05) is 16.8 Å². The Balaban J connectivity index is 2.75. The topological polar surface area (TPSA) is 39.2 Å². The van der Waals surface area contributed by atoms with Gasteiger partial charge in [-0.3, -0.25) is 0 Å². The van der Waals surface area contributed by atoms with E-state index in [9.17, 15) is 4.57 Å². The minimum atomic E-state index is -2.37. The predicted molar refractivity (Wildman–Crippen MR) is 86.1 cm³/mol. The molecule has 2 rings (SSSR count). The average molecular weight is 291 g/mol. The SMILES string of the molecule is CCOc1ccc2c(P(C)(C)=O)c(C(C)C)ccc2n1. The molecule has 0 saturated carbocycles. The second kappa shape index (κ2) is 5.57. The Labute approximate surface area is 120 Å². The van der Waals surface area contributed by atoms with E-state index < -0.39 is 7.14 Å². The molecule has 4 heteroatoms. The Hall–Kier alpha value is -1.34. The molecule has 0 saturated heterocycles. The smallest absolute Gasteiger partial charge is 0.213 e. The van der Waals surface area contributed by atoms with Gasteiger partial charge in [0.15, 0.2) is 0 Å². The Kier molecular flexibility index (Phi) is 4.19. The van der Waals surface area contributed by atoms with E-state index >= 15 is 0 Å². The van der Waals surface area contributed by atoms with Crippen LogP contribution in [0.4, 0.5) is 0 Å². The zero-order chi connectivity index (χ0) is 14.9. The Morgan fingerprint density at radius 3 is 2.45 bits per heavy atom. The van der Waals surface area contributed by atoms with Crippen molar-refractivity contribution in [2.24, 2.45) is 0 Å². The van der Waals surface area contributed by atoms with Crippen LogP contribution in [0.15, 0.2) is 24.3 Å². The molecule has 20 heavy (non-hydrogen) atoms. The number of pyridine rings is 1. The number of nitrogens with zero attached hydrogens (tertiary/aromatic N) is 1. The molecule has 0 radical (unpaired) electrons. The van der Waals surface area contributed by atoms with Gasteiger partial charge in [-0.05, 0) is 43.9 Å². The zero-order valence-corrected chi connectivity index (χ0v) is 13.7. The highest BCUT2D eigenvalue weighted by Gasteiger charge is 2.21. The zero-order valence-electron chi connectivity index (χ0n) is 12.8. The van der Waals surface area contributed by atoms with Crippen molar-refractivity contribution in [3.05, 3.63) is 29.8 Å². The molecular formula is C16H22NO2P. The van der Waals surface area contributed by atoms with Crippen LogP contribution in [0.2, 0.25) is 0 Å². The highest BCUT2D eigenvalue weighted by atomic mass is 31.2. The van der Waals surface area contributed by atoms with Crippen molar-refractivity contribution in [2.75, 3.05) is 19.9 Å². The number of ether oxygens (including phenoxy) is 1. The van der Waals surface area contributed by atoms with E-state index in [1.165, 1.54) is 0 Å². The van der Waals surface area contributed by atoms with Crippen molar-refractivity contribution in [2.45, 2.75) is 26.7 Å². The number of aromatic nitrogens is 1. The predicted octanol–water partition coefficient (Wildman–Crippen LogP) is 4.00. The summed E-state index contributed by atoms with van der Waals surface area (Å²) in [4.78, 5) is 4.50. The summed E-state index contributed by atoms with van der Waals surface area (Å²) in [5.74, 6) is 0.958. The lowest BCUT2D eigenvalue weighted by atomic mass is 10.0. The summed E-state index contributed by atoms with van der Waals surface area (Å²) >= 11 is 0. The molecule has 0 amide bonds. The number of hydrogen-bond acceptors (Lipinski definition) is 3. The maximum atomic E-state index is 12.7. The Morgan fingerprint density at radius 1 is 1.20 bits per heavy atom. The maximum Gasteiger partial charge on any atom is 0.213 e. The largest absolute Gasteiger partial charge is 0.478 e. The molecule has 2 aromatic rings. The molecule has 0 bridgehead atoms. The maximum absolute atomic E-state index is 12.7. The van der Waals surface area contributed by atoms with Crippen molar-refractivity contribution in [3.8, 4) is 5.88 Å². The molecule has 0 aliphatic heterocycles. The van der Waals surface area contributed by atoms with Crippen LogP contribution in [-0.2, 0) is 4.57 Å². The first kappa shape index (κ1) is 15.1. The second-order valence-electron chi connectivity index (χ2n) is 5.66. The van der Waals surface area contributed by atoms with Crippen LogP contribution < -0.4 is 10.0 Å². The number of benzene rings is 1. The van der Waals surface area contributed by atoms with Crippen molar-refractivity contribution in [3.63, 3.8) is 0 Å². The van der Waals surface area contributed by atoms with E-state index in [-0.39, 0.29) is 0 Å². The standard InChI is InChI=1S/C16H22NO2P/c1-6-19-15-10-8-13-14(17-15)9-7-12(11(2)3)16(13)20(4,5)18/h7-11H,6H2,1-5H3. The van der Waals surface area contributed by atoms with Crippen molar-refractivity contribution in [1.82, 2.24) is 4.98 Å². The van der Waals surface area contributed by atoms with Crippen LogP contribution >= 0.6 is 7.14 Å². The van der Waals surface area contributed by atoms with Gasteiger partial charge in [0.1, 0.15) is 7.14 Å². The van der Waals surface area contributed by atoms with E-state index in [0.29, 0.717) is 18.4 Å². The molecule has 108 valence electrons. The summed E-state index contributed by atoms with van der Waals surface area (Å²) in [6.07, 6.45) is 0. The van der Waals surface area contributed by atoms with Crippen LogP contribution in [0.25, 0.3) is 10.9 Å². The fourth-order valence-corrected chi connectivity index (χ4v) is 4.21.